The van der Waals surface area contributed by atoms with Crippen LogP contribution in [0.5, 0.6) is 0 Å². The molecule has 0 unspecified atom stereocenters. The third kappa shape index (κ3) is 2.27. The lowest BCUT2D eigenvalue weighted by atomic mass is 10.0. The summed E-state index contributed by atoms with van der Waals surface area (Å²) in [5.74, 6) is 0. The van der Waals surface area contributed by atoms with Crippen LogP contribution in [0.3, 0.4) is 0 Å². The molecule has 0 fully saturated rings. The van der Waals surface area contributed by atoms with Crippen LogP contribution in [0.25, 0.3) is 51.2 Å². The van der Waals surface area contributed by atoms with Gasteiger partial charge in [0.25, 0.3) is 0 Å². The molecule has 2 aromatic carbocycles. The van der Waals surface area contributed by atoms with Crippen molar-refractivity contribution in [2.45, 2.75) is 39.5 Å². The first kappa shape index (κ1) is 19.6. The molecule has 6 aromatic rings. The molecule has 4 heterocycles. The normalized spacial score (nSPS) is 15.1. The number of fused-ring (bicyclic) bond motifs is 15. The largest absolute Gasteiger partial charge is 0.140 e. The Bertz CT molecular complexity index is 1870. The number of thiophene rings is 4. The molecule has 4 aliphatic carbocycles. The van der Waals surface area contributed by atoms with Gasteiger partial charge in [0.1, 0.15) is 0 Å². The second kappa shape index (κ2) is 6.31. The van der Waals surface area contributed by atoms with Gasteiger partial charge in [0.05, 0.1) is 9.40 Å². The molecule has 4 heteroatoms. The van der Waals surface area contributed by atoms with Crippen LogP contribution in [0.2, 0.25) is 0 Å². The van der Waals surface area contributed by atoms with Crippen LogP contribution in [0.1, 0.15) is 54.3 Å². The zero-order valence-corrected chi connectivity index (χ0v) is 23.2. The van der Waals surface area contributed by atoms with Crippen LogP contribution in [-0.4, -0.2) is 0 Å². The molecular formula is C32H20S4. The fraction of sp³-hybridized carbons (Fsp3) is 0.188. The quantitative estimate of drug-likeness (QED) is 0.182. The summed E-state index contributed by atoms with van der Waals surface area (Å²) in [5.41, 5.74) is 18.5. The Morgan fingerprint density at radius 3 is 1.25 bits per heavy atom. The van der Waals surface area contributed by atoms with Gasteiger partial charge in [-0.1, -0.05) is 0 Å². The van der Waals surface area contributed by atoms with E-state index < -0.39 is 0 Å². The lowest BCUT2D eigenvalue weighted by Crippen LogP contribution is -1.87. The second-order valence-corrected chi connectivity index (χ2v) is 15.5. The van der Waals surface area contributed by atoms with E-state index in [2.05, 4.69) is 72.9 Å². The van der Waals surface area contributed by atoms with Crippen LogP contribution in [0.4, 0.5) is 0 Å². The number of benzene rings is 2. The van der Waals surface area contributed by atoms with Gasteiger partial charge in [-0.25, -0.2) is 0 Å². The third-order valence-corrected chi connectivity index (χ3v) is 13.7. The molecule has 10 rings (SSSR count). The summed E-state index contributed by atoms with van der Waals surface area (Å²) in [6.07, 6.45) is 4.43. The number of aryl methyl sites for hydroxylation is 2. The van der Waals surface area contributed by atoms with E-state index in [1.807, 2.05) is 22.7 Å². The van der Waals surface area contributed by atoms with Gasteiger partial charge in [-0.2, -0.15) is 0 Å². The number of rotatable bonds is 0. The van der Waals surface area contributed by atoms with Gasteiger partial charge in [0.2, 0.25) is 0 Å². The van der Waals surface area contributed by atoms with Gasteiger partial charge < -0.3 is 0 Å². The Morgan fingerprint density at radius 2 is 0.806 bits per heavy atom. The van der Waals surface area contributed by atoms with E-state index in [4.69, 9.17) is 0 Å². The van der Waals surface area contributed by atoms with E-state index in [0.717, 1.165) is 25.7 Å². The van der Waals surface area contributed by atoms with Crippen molar-refractivity contribution < 1.29 is 0 Å². The third-order valence-electron chi connectivity index (χ3n) is 8.71. The van der Waals surface area contributed by atoms with Crippen LogP contribution in [0, 0.1) is 13.8 Å². The molecule has 0 atom stereocenters. The van der Waals surface area contributed by atoms with Gasteiger partial charge in [-0.3, -0.25) is 0 Å². The number of hydrogen-bond donors (Lipinski definition) is 0. The van der Waals surface area contributed by atoms with Gasteiger partial charge in [-0.05, 0) is 130 Å². The molecule has 0 saturated carbocycles. The van der Waals surface area contributed by atoms with E-state index in [1.54, 1.807) is 41.4 Å². The molecule has 0 saturated heterocycles. The van der Waals surface area contributed by atoms with Crippen LogP contribution in [0.15, 0.2) is 36.4 Å². The highest BCUT2D eigenvalue weighted by atomic mass is 32.1. The highest BCUT2D eigenvalue weighted by Crippen LogP contribution is 2.58. The smallest absolute Gasteiger partial charge is 0.0502 e. The van der Waals surface area contributed by atoms with E-state index in [0.29, 0.717) is 0 Å². The van der Waals surface area contributed by atoms with Crippen molar-refractivity contribution in [1.29, 1.82) is 0 Å². The molecule has 0 bridgehead atoms. The average molecular weight is 533 g/mol. The molecule has 0 radical (unpaired) electrons. The second-order valence-electron chi connectivity index (χ2n) is 10.9. The minimum atomic E-state index is 1.10. The predicted octanol–water partition coefficient (Wildman–Crippen LogP) is 9.99. The summed E-state index contributed by atoms with van der Waals surface area (Å²) in [6.45, 7) is 4.49. The Balaban J connectivity index is 1.09. The first-order valence-electron chi connectivity index (χ1n) is 12.7. The first-order chi connectivity index (χ1) is 17.6. The maximum absolute atomic E-state index is 2.54. The van der Waals surface area contributed by atoms with Crippen LogP contribution >= 0.6 is 45.3 Å². The molecule has 0 aliphatic heterocycles. The molecule has 0 nitrogen and oxygen atoms in total. The summed E-state index contributed by atoms with van der Waals surface area (Å²) >= 11 is 8.11. The molecule has 36 heavy (non-hydrogen) atoms. The Morgan fingerprint density at radius 1 is 0.417 bits per heavy atom. The minimum absolute atomic E-state index is 1.10. The van der Waals surface area contributed by atoms with Crippen molar-refractivity contribution in [3.8, 4) is 41.8 Å². The Kier molecular flexibility index (Phi) is 3.43. The highest BCUT2D eigenvalue weighted by Gasteiger charge is 2.34. The van der Waals surface area contributed by atoms with Gasteiger partial charge >= 0.3 is 0 Å². The maximum atomic E-state index is 2.54. The fourth-order valence-corrected chi connectivity index (χ4v) is 12.4. The van der Waals surface area contributed by atoms with E-state index in [9.17, 15) is 0 Å². The lowest BCUT2D eigenvalue weighted by molar-refractivity contribution is 1.24. The van der Waals surface area contributed by atoms with E-state index in [1.165, 1.54) is 64.0 Å². The van der Waals surface area contributed by atoms with E-state index >= 15 is 0 Å². The summed E-state index contributed by atoms with van der Waals surface area (Å²) in [4.78, 5) is 9.04. The lowest BCUT2D eigenvalue weighted by Gasteiger charge is -2.06. The van der Waals surface area contributed by atoms with Crippen molar-refractivity contribution in [1.82, 2.24) is 0 Å². The van der Waals surface area contributed by atoms with Crippen molar-refractivity contribution >= 4 is 54.7 Å². The van der Waals surface area contributed by atoms with Crippen LogP contribution < -0.4 is 0 Å². The molecule has 172 valence electrons. The summed E-state index contributed by atoms with van der Waals surface area (Å²) < 4.78 is 3.15. The van der Waals surface area contributed by atoms with E-state index in [-0.39, 0.29) is 0 Å². The maximum Gasteiger partial charge on any atom is 0.0502 e. The monoisotopic (exact) mass is 532 g/mol. The summed E-state index contributed by atoms with van der Waals surface area (Å²) in [7, 11) is 0. The van der Waals surface area contributed by atoms with Crippen molar-refractivity contribution in [3.05, 3.63) is 90.7 Å². The standard InChI is InChI=1S/C32H20S4/c1-13-3-19-5-15-7-23-17(9-21(15)27(19)33-13)11-25-29(23)35-32-26-12-18-10-22-16(6-20-4-14(2)34-28(20)22)8-24(18)30(26)36-31(25)32/h3-4,7-10H,5-6,11-12H2,1-2H3. The van der Waals surface area contributed by atoms with Crippen molar-refractivity contribution in [3.63, 3.8) is 0 Å². The summed E-state index contributed by atoms with van der Waals surface area (Å²) in [5, 5.41) is 0. The highest BCUT2D eigenvalue weighted by molar-refractivity contribution is 7.32. The topological polar surface area (TPSA) is 0 Å². The molecule has 0 spiro atoms. The molecule has 4 aliphatic rings. The average Bonchev–Trinajstić information content (AvgIpc) is 3.66. The predicted molar refractivity (Wildman–Crippen MR) is 158 cm³/mol. The summed E-state index contributed by atoms with van der Waals surface area (Å²) in [6, 6.07) is 14.9. The minimum Gasteiger partial charge on any atom is -0.140 e. The first-order valence-corrected chi connectivity index (χ1v) is 15.9. The van der Waals surface area contributed by atoms with Crippen molar-refractivity contribution in [2.75, 3.05) is 0 Å². The molecule has 0 amide bonds. The van der Waals surface area contributed by atoms with Gasteiger partial charge in [-0.15, -0.1) is 45.3 Å². The zero-order chi connectivity index (χ0) is 23.4. The van der Waals surface area contributed by atoms with Crippen LogP contribution in [-0.2, 0) is 25.7 Å². The fourth-order valence-electron chi connectivity index (χ4n) is 7.23. The van der Waals surface area contributed by atoms with Gasteiger partial charge in [0.15, 0.2) is 0 Å². The number of hydrogen-bond acceptors (Lipinski definition) is 4. The Hall–Kier alpha value is -2.50. The van der Waals surface area contributed by atoms with Crippen molar-refractivity contribution in [2.24, 2.45) is 0 Å². The van der Waals surface area contributed by atoms with Gasteiger partial charge in [0, 0.05) is 42.1 Å². The molecule has 4 aromatic heterocycles. The Labute approximate surface area is 225 Å². The molecular weight excluding hydrogens is 513 g/mol. The molecule has 0 N–H and O–H groups in total. The zero-order valence-electron chi connectivity index (χ0n) is 19.9. The SMILES string of the molecule is Cc1cc2c(s1)-c1cc3c(cc1C2)-c1sc2c4c(sc2c1C3)-c1cc2c(cc1C4)-c1sc(C)cc1C2.